The highest BCUT2D eigenvalue weighted by Crippen LogP contribution is 2.30. The first-order chi connectivity index (χ1) is 7.65. The number of benzene rings is 1. The number of nitrogens with one attached hydrogen (secondary N) is 1. The van der Waals surface area contributed by atoms with Crippen LogP contribution in [0.15, 0.2) is 18.2 Å². The van der Waals surface area contributed by atoms with Gasteiger partial charge in [-0.3, -0.25) is 0 Å². The van der Waals surface area contributed by atoms with Gasteiger partial charge in [-0.15, -0.1) is 0 Å². The summed E-state index contributed by atoms with van der Waals surface area (Å²) in [5, 5.41) is 3.18. The molecule has 0 aliphatic heterocycles. The standard InChI is InChI=1S/C11H13FN2O2/c12-7-4-5-9(14-8-2-1-3-8)10(6-7)16-11(13)15/h4-6,8,14H,1-3H2,(H2,13,15). The monoisotopic (exact) mass is 224 g/mol. The van der Waals surface area contributed by atoms with E-state index in [-0.39, 0.29) is 5.75 Å². The van der Waals surface area contributed by atoms with Crippen molar-refractivity contribution in [3.63, 3.8) is 0 Å². The number of primary amides is 1. The number of amides is 1. The van der Waals surface area contributed by atoms with E-state index < -0.39 is 11.9 Å². The molecule has 16 heavy (non-hydrogen) atoms. The molecule has 1 aliphatic carbocycles. The molecule has 1 saturated carbocycles. The summed E-state index contributed by atoms with van der Waals surface area (Å²) >= 11 is 0. The van der Waals surface area contributed by atoms with Crippen LogP contribution in [-0.4, -0.2) is 12.1 Å². The van der Waals surface area contributed by atoms with Crippen LogP contribution in [0.2, 0.25) is 0 Å². The van der Waals surface area contributed by atoms with E-state index in [0.717, 1.165) is 18.9 Å². The van der Waals surface area contributed by atoms with Gasteiger partial charge in [-0.2, -0.15) is 0 Å². The van der Waals surface area contributed by atoms with Crippen LogP contribution < -0.4 is 15.8 Å². The fourth-order valence-corrected chi connectivity index (χ4v) is 1.58. The molecule has 3 N–H and O–H groups in total. The SMILES string of the molecule is NC(=O)Oc1cc(F)ccc1NC1CCC1. The van der Waals surface area contributed by atoms with Crippen molar-refractivity contribution in [3.05, 3.63) is 24.0 Å². The molecule has 1 aromatic carbocycles. The van der Waals surface area contributed by atoms with Gasteiger partial charge in [-0.1, -0.05) is 0 Å². The van der Waals surface area contributed by atoms with Gasteiger partial charge < -0.3 is 15.8 Å². The van der Waals surface area contributed by atoms with Crippen LogP contribution in [0.25, 0.3) is 0 Å². The maximum absolute atomic E-state index is 13.0. The highest BCUT2D eigenvalue weighted by atomic mass is 19.1. The first kappa shape index (κ1) is 10.7. The van der Waals surface area contributed by atoms with Crippen LogP contribution >= 0.6 is 0 Å². The third kappa shape index (κ3) is 2.42. The number of hydrogen-bond acceptors (Lipinski definition) is 3. The number of nitrogens with two attached hydrogens (primary N) is 1. The number of ether oxygens (including phenoxy) is 1. The summed E-state index contributed by atoms with van der Waals surface area (Å²) in [7, 11) is 0. The van der Waals surface area contributed by atoms with Crippen molar-refractivity contribution >= 4 is 11.8 Å². The van der Waals surface area contributed by atoms with Crippen molar-refractivity contribution in [2.45, 2.75) is 25.3 Å². The van der Waals surface area contributed by atoms with E-state index in [9.17, 15) is 9.18 Å². The number of rotatable bonds is 3. The fraction of sp³-hybridized carbons (Fsp3) is 0.364. The second kappa shape index (κ2) is 4.38. The summed E-state index contributed by atoms with van der Waals surface area (Å²) in [6.45, 7) is 0. The molecule has 1 amide bonds. The lowest BCUT2D eigenvalue weighted by molar-refractivity contribution is 0.211. The van der Waals surface area contributed by atoms with Gasteiger partial charge in [0.05, 0.1) is 5.69 Å². The normalized spacial score (nSPS) is 15.3. The zero-order chi connectivity index (χ0) is 11.5. The van der Waals surface area contributed by atoms with E-state index in [1.54, 1.807) is 6.07 Å². The van der Waals surface area contributed by atoms with Crippen molar-refractivity contribution in [2.75, 3.05) is 5.32 Å². The third-order valence-electron chi connectivity index (χ3n) is 2.62. The Kier molecular flexibility index (Phi) is 2.94. The molecule has 86 valence electrons. The Hall–Kier alpha value is -1.78. The number of carbonyl (C=O) groups excluding carboxylic acids is 1. The van der Waals surface area contributed by atoms with Crippen LogP contribution in [0, 0.1) is 5.82 Å². The smallest absolute Gasteiger partial charge is 0.408 e. The van der Waals surface area contributed by atoms with Crippen molar-refractivity contribution in [3.8, 4) is 5.75 Å². The molecule has 0 bridgehead atoms. The van der Waals surface area contributed by atoms with E-state index >= 15 is 0 Å². The summed E-state index contributed by atoms with van der Waals surface area (Å²) < 4.78 is 17.7. The lowest BCUT2D eigenvalue weighted by atomic mass is 9.93. The van der Waals surface area contributed by atoms with E-state index in [1.165, 1.54) is 12.5 Å². The molecule has 0 heterocycles. The Balaban J connectivity index is 2.16. The molecule has 4 nitrogen and oxygen atoms in total. The molecule has 2 rings (SSSR count). The van der Waals surface area contributed by atoms with Crippen molar-refractivity contribution in [2.24, 2.45) is 5.73 Å². The first-order valence-electron chi connectivity index (χ1n) is 5.18. The van der Waals surface area contributed by atoms with Gasteiger partial charge in [0, 0.05) is 12.1 Å². The van der Waals surface area contributed by atoms with Gasteiger partial charge in [0.2, 0.25) is 0 Å². The van der Waals surface area contributed by atoms with Crippen molar-refractivity contribution in [1.29, 1.82) is 0 Å². The minimum atomic E-state index is -0.942. The molecule has 1 aromatic rings. The van der Waals surface area contributed by atoms with Crippen LogP contribution in [0.5, 0.6) is 5.75 Å². The predicted octanol–water partition coefficient (Wildman–Crippen LogP) is 2.25. The Morgan fingerprint density at radius 3 is 2.81 bits per heavy atom. The molecule has 1 fully saturated rings. The number of anilines is 1. The van der Waals surface area contributed by atoms with E-state index in [1.807, 2.05) is 0 Å². The average molecular weight is 224 g/mol. The van der Waals surface area contributed by atoms with Crippen molar-refractivity contribution < 1.29 is 13.9 Å². The maximum Gasteiger partial charge on any atom is 0.410 e. The van der Waals surface area contributed by atoms with Gasteiger partial charge in [0.25, 0.3) is 0 Å². The van der Waals surface area contributed by atoms with Crippen LogP contribution in [-0.2, 0) is 0 Å². The molecular formula is C11H13FN2O2. The summed E-state index contributed by atoms with van der Waals surface area (Å²) in [4.78, 5) is 10.7. The van der Waals surface area contributed by atoms with Crippen molar-refractivity contribution in [1.82, 2.24) is 0 Å². The molecule has 0 unspecified atom stereocenters. The maximum atomic E-state index is 13.0. The largest absolute Gasteiger partial charge is 0.410 e. The zero-order valence-electron chi connectivity index (χ0n) is 8.70. The molecule has 1 aliphatic rings. The number of halogens is 1. The summed E-state index contributed by atoms with van der Waals surface area (Å²) in [6.07, 6.45) is 2.40. The van der Waals surface area contributed by atoms with E-state index in [4.69, 9.17) is 10.5 Å². The Morgan fingerprint density at radius 2 is 2.25 bits per heavy atom. The Bertz CT molecular complexity index is 405. The van der Waals surface area contributed by atoms with Crippen LogP contribution in [0.4, 0.5) is 14.9 Å². The molecule has 0 spiro atoms. The highest BCUT2D eigenvalue weighted by Gasteiger charge is 2.19. The zero-order valence-corrected chi connectivity index (χ0v) is 8.70. The first-order valence-corrected chi connectivity index (χ1v) is 5.18. The molecule has 0 radical (unpaired) electrons. The Labute approximate surface area is 92.6 Å². The molecule has 0 saturated heterocycles. The molecular weight excluding hydrogens is 211 g/mol. The van der Waals surface area contributed by atoms with Gasteiger partial charge in [0.15, 0.2) is 5.75 Å². The highest BCUT2D eigenvalue weighted by molar-refractivity contribution is 5.71. The second-order valence-electron chi connectivity index (χ2n) is 3.83. The summed E-state index contributed by atoms with van der Waals surface area (Å²) in [5.41, 5.74) is 5.51. The Morgan fingerprint density at radius 1 is 1.50 bits per heavy atom. The van der Waals surface area contributed by atoms with Gasteiger partial charge in [-0.05, 0) is 31.4 Å². The molecule has 0 aromatic heterocycles. The van der Waals surface area contributed by atoms with Crippen LogP contribution in [0.1, 0.15) is 19.3 Å². The summed E-state index contributed by atoms with van der Waals surface area (Å²) in [6, 6.07) is 4.38. The lowest BCUT2D eigenvalue weighted by Crippen LogP contribution is -2.27. The van der Waals surface area contributed by atoms with E-state index in [2.05, 4.69) is 5.32 Å². The quantitative estimate of drug-likeness (QED) is 0.827. The average Bonchev–Trinajstić information content (AvgIpc) is 2.12. The van der Waals surface area contributed by atoms with Gasteiger partial charge >= 0.3 is 6.09 Å². The lowest BCUT2D eigenvalue weighted by Gasteiger charge is -2.28. The minimum Gasteiger partial charge on any atom is -0.408 e. The third-order valence-corrected chi connectivity index (χ3v) is 2.62. The predicted molar refractivity (Wildman–Crippen MR) is 57.9 cm³/mol. The molecule has 5 heteroatoms. The summed E-state index contributed by atoms with van der Waals surface area (Å²) in [5.74, 6) is -0.324. The second-order valence-corrected chi connectivity index (χ2v) is 3.83. The molecule has 0 atom stereocenters. The number of hydrogen-bond donors (Lipinski definition) is 2. The van der Waals surface area contributed by atoms with Gasteiger partial charge in [0.1, 0.15) is 5.82 Å². The van der Waals surface area contributed by atoms with Gasteiger partial charge in [-0.25, -0.2) is 9.18 Å². The number of carbonyl (C=O) groups is 1. The topological polar surface area (TPSA) is 64.4 Å². The fourth-order valence-electron chi connectivity index (χ4n) is 1.58. The van der Waals surface area contributed by atoms with Crippen LogP contribution in [0.3, 0.4) is 0 Å². The minimum absolute atomic E-state index is 0.138. The van der Waals surface area contributed by atoms with E-state index in [0.29, 0.717) is 11.7 Å².